The fourth-order valence-corrected chi connectivity index (χ4v) is 7.79. The molecular formula is C21H35BrO3Si. The van der Waals surface area contributed by atoms with Gasteiger partial charge in [-0.15, -0.1) is 0 Å². The number of hydrogen-bond donors (Lipinski definition) is 0. The predicted octanol–water partition coefficient (Wildman–Crippen LogP) is 5.32. The Bertz CT molecular complexity index is 644. The zero-order chi connectivity index (χ0) is 19.3. The minimum atomic E-state index is -1.88. The molecule has 2 bridgehead atoms. The van der Waals surface area contributed by atoms with Crippen LogP contribution in [0.4, 0.5) is 0 Å². The quantitative estimate of drug-likeness (QED) is 0.437. The van der Waals surface area contributed by atoms with Crippen molar-refractivity contribution in [2.24, 2.45) is 22.2 Å². The number of fused-ring (bicyclic) bond motifs is 6. The molecule has 1 aliphatic heterocycles. The van der Waals surface area contributed by atoms with E-state index in [1.807, 2.05) is 0 Å². The number of Topliss-reactive ketones (excluding diaryl/α,β-unsaturated/α-hetero) is 1. The van der Waals surface area contributed by atoms with Crippen molar-refractivity contribution in [2.75, 3.05) is 6.61 Å². The maximum Gasteiger partial charge on any atom is 0.192 e. The Balaban J connectivity index is 1.71. The van der Waals surface area contributed by atoms with Crippen molar-refractivity contribution >= 4 is 30.0 Å². The van der Waals surface area contributed by atoms with Crippen molar-refractivity contribution in [3.05, 3.63) is 0 Å². The van der Waals surface area contributed by atoms with Crippen molar-refractivity contribution < 1.29 is 14.0 Å². The van der Waals surface area contributed by atoms with E-state index in [1.54, 1.807) is 0 Å². The molecule has 0 N–H and O–H groups in total. The van der Waals surface area contributed by atoms with Crippen LogP contribution in [0.1, 0.15) is 60.3 Å². The van der Waals surface area contributed by atoms with Crippen LogP contribution in [-0.2, 0) is 14.0 Å². The van der Waals surface area contributed by atoms with Gasteiger partial charge in [-0.25, -0.2) is 0 Å². The molecule has 1 saturated heterocycles. The van der Waals surface area contributed by atoms with Crippen molar-refractivity contribution in [1.82, 2.24) is 0 Å². The number of rotatable bonds is 3. The van der Waals surface area contributed by atoms with Crippen molar-refractivity contribution in [1.29, 1.82) is 0 Å². The van der Waals surface area contributed by atoms with Crippen molar-refractivity contribution in [3.8, 4) is 0 Å². The van der Waals surface area contributed by atoms with E-state index in [0.717, 1.165) is 12.8 Å². The summed E-state index contributed by atoms with van der Waals surface area (Å²) in [4.78, 5) is 13.5. The van der Waals surface area contributed by atoms with Gasteiger partial charge in [-0.2, -0.15) is 0 Å². The van der Waals surface area contributed by atoms with Gasteiger partial charge in [0.2, 0.25) is 0 Å². The maximum atomic E-state index is 13.3. The van der Waals surface area contributed by atoms with Gasteiger partial charge in [0, 0.05) is 22.3 Å². The summed E-state index contributed by atoms with van der Waals surface area (Å²) in [5.41, 5.74) is -0.0382. The van der Waals surface area contributed by atoms with E-state index in [1.165, 1.54) is 12.8 Å². The third kappa shape index (κ3) is 2.39. The summed E-state index contributed by atoms with van der Waals surface area (Å²) >= 11 is 3.77. The van der Waals surface area contributed by atoms with Crippen LogP contribution in [0.15, 0.2) is 0 Å². The SMILES string of the molecule is CC(C)(C)[Si](C)(C)OC[C@]12CC[C@@]3(C)C[C@H]3[C@H]1O[C@@H]1C(=O)[C@]2(C)C[C@@H]1Br. The molecule has 0 radical (unpaired) electrons. The van der Waals surface area contributed by atoms with Gasteiger partial charge in [0.05, 0.1) is 6.10 Å². The van der Waals surface area contributed by atoms with Gasteiger partial charge in [0.15, 0.2) is 14.1 Å². The van der Waals surface area contributed by atoms with Crippen LogP contribution in [0, 0.1) is 22.2 Å². The summed E-state index contributed by atoms with van der Waals surface area (Å²) in [6.07, 6.45) is 4.34. The van der Waals surface area contributed by atoms with Crippen LogP contribution < -0.4 is 0 Å². The zero-order valence-corrected chi connectivity index (χ0v) is 20.0. The Labute approximate surface area is 168 Å². The van der Waals surface area contributed by atoms with Crippen molar-refractivity contribution in [3.63, 3.8) is 0 Å². The molecular weight excluding hydrogens is 408 g/mol. The molecule has 0 amide bonds. The number of alkyl halides is 1. The molecule has 4 fully saturated rings. The molecule has 148 valence electrons. The molecule has 3 nitrogen and oxygen atoms in total. The summed E-state index contributed by atoms with van der Waals surface area (Å²) in [5, 5.41) is 0.179. The molecule has 0 unspecified atom stereocenters. The van der Waals surface area contributed by atoms with Crippen molar-refractivity contribution in [2.45, 2.75) is 95.5 Å². The molecule has 0 aromatic carbocycles. The fourth-order valence-electron chi connectivity index (χ4n) is 5.72. The summed E-state index contributed by atoms with van der Waals surface area (Å²) in [6, 6.07) is 0. The number of carbonyl (C=O) groups is 1. The van der Waals surface area contributed by atoms with Crippen LogP contribution in [0.5, 0.6) is 0 Å². The first-order chi connectivity index (χ1) is 11.8. The summed E-state index contributed by atoms with van der Waals surface area (Å²) in [7, 11) is -1.88. The van der Waals surface area contributed by atoms with Gasteiger partial charge in [0.1, 0.15) is 6.10 Å². The smallest absolute Gasteiger partial charge is 0.192 e. The Hall–Kier alpha value is 0.287. The molecule has 26 heavy (non-hydrogen) atoms. The molecule has 7 atom stereocenters. The Kier molecular flexibility index (Phi) is 4.11. The molecule has 0 aromatic heterocycles. The molecule has 4 aliphatic rings. The second-order valence-electron chi connectivity index (χ2n) is 11.6. The van der Waals surface area contributed by atoms with E-state index in [2.05, 4.69) is 63.6 Å². The second-order valence-corrected chi connectivity index (χ2v) is 17.5. The Morgan fingerprint density at radius 2 is 1.88 bits per heavy atom. The molecule has 1 heterocycles. The Morgan fingerprint density at radius 3 is 2.50 bits per heavy atom. The normalized spacial score (nSPS) is 50.4. The third-order valence-electron chi connectivity index (χ3n) is 9.10. The summed E-state index contributed by atoms with van der Waals surface area (Å²) < 4.78 is 13.4. The average Bonchev–Trinajstić information content (AvgIpc) is 3.16. The monoisotopic (exact) mass is 442 g/mol. The largest absolute Gasteiger partial charge is 0.416 e. The number of halogens is 1. The van der Waals surface area contributed by atoms with Crippen LogP contribution >= 0.6 is 15.9 Å². The van der Waals surface area contributed by atoms with Crippen LogP contribution in [0.2, 0.25) is 18.1 Å². The summed E-state index contributed by atoms with van der Waals surface area (Å²) in [5.74, 6) is 0.922. The first-order valence-corrected chi connectivity index (χ1v) is 14.1. The molecule has 3 saturated carbocycles. The number of hydrogen-bond acceptors (Lipinski definition) is 3. The molecule has 5 heteroatoms. The molecule has 3 aliphatic carbocycles. The highest BCUT2D eigenvalue weighted by Gasteiger charge is 2.75. The lowest BCUT2D eigenvalue weighted by Gasteiger charge is -2.57. The number of carbonyl (C=O) groups excluding carboxylic acids is 1. The lowest BCUT2D eigenvalue weighted by molar-refractivity contribution is -0.205. The van der Waals surface area contributed by atoms with E-state index >= 15 is 0 Å². The van der Waals surface area contributed by atoms with E-state index < -0.39 is 8.32 Å². The van der Waals surface area contributed by atoms with Gasteiger partial charge in [-0.1, -0.05) is 50.5 Å². The van der Waals surface area contributed by atoms with E-state index in [0.29, 0.717) is 23.7 Å². The van der Waals surface area contributed by atoms with Crippen LogP contribution in [0.3, 0.4) is 0 Å². The van der Waals surface area contributed by atoms with Gasteiger partial charge in [-0.05, 0) is 55.1 Å². The second kappa shape index (κ2) is 5.46. The maximum absolute atomic E-state index is 13.3. The standard InChI is InChI=1S/C21H35BrO3Si/c1-18(2,3)26(6,7)24-12-21-9-8-19(4)10-13(19)17(21)25-15-14(22)11-20(21,5)16(15)23/h13-15,17H,8-12H2,1-7H3/t13-,14-,15-,17+,19-,20-,21+/m0/s1. The summed E-state index contributed by atoms with van der Waals surface area (Å²) in [6.45, 7) is 16.8. The molecule has 0 aromatic rings. The first kappa shape index (κ1) is 19.6. The number of ketones is 1. The first-order valence-electron chi connectivity index (χ1n) is 10.3. The van der Waals surface area contributed by atoms with Gasteiger partial charge in [0.25, 0.3) is 0 Å². The fraction of sp³-hybridized carbons (Fsp3) is 0.952. The third-order valence-corrected chi connectivity index (χ3v) is 14.4. The van der Waals surface area contributed by atoms with Gasteiger partial charge >= 0.3 is 0 Å². The highest BCUT2D eigenvalue weighted by Crippen LogP contribution is 2.73. The highest BCUT2D eigenvalue weighted by molar-refractivity contribution is 9.09. The molecule has 0 spiro atoms. The predicted molar refractivity (Wildman–Crippen MR) is 110 cm³/mol. The van der Waals surface area contributed by atoms with Crippen LogP contribution in [0.25, 0.3) is 0 Å². The van der Waals surface area contributed by atoms with Crippen LogP contribution in [-0.4, -0.2) is 37.7 Å². The zero-order valence-electron chi connectivity index (χ0n) is 17.4. The Morgan fingerprint density at radius 1 is 1.23 bits per heavy atom. The molecule has 4 rings (SSSR count). The van der Waals surface area contributed by atoms with E-state index in [9.17, 15) is 4.79 Å². The minimum absolute atomic E-state index is 0.153. The van der Waals surface area contributed by atoms with E-state index in [4.69, 9.17) is 9.16 Å². The number of ether oxygens (including phenoxy) is 1. The average molecular weight is 443 g/mol. The minimum Gasteiger partial charge on any atom is -0.416 e. The lowest BCUT2D eigenvalue weighted by Crippen LogP contribution is -2.63. The highest BCUT2D eigenvalue weighted by atomic mass is 79.9. The van der Waals surface area contributed by atoms with Gasteiger partial charge < -0.3 is 9.16 Å². The van der Waals surface area contributed by atoms with E-state index in [-0.39, 0.29) is 32.9 Å². The lowest BCUT2D eigenvalue weighted by atomic mass is 9.53. The van der Waals surface area contributed by atoms with Gasteiger partial charge in [-0.3, -0.25) is 4.79 Å². The topological polar surface area (TPSA) is 35.5 Å².